The van der Waals surface area contributed by atoms with Gasteiger partial charge >= 0.3 is 0 Å². The molecule has 0 saturated carbocycles. The van der Waals surface area contributed by atoms with Gasteiger partial charge in [0, 0.05) is 16.6 Å². The quantitative estimate of drug-likeness (QED) is 0.839. The van der Waals surface area contributed by atoms with Gasteiger partial charge in [0.1, 0.15) is 0 Å². The Bertz CT molecular complexity index is 432. The van der Waals surface area contributed by atoms with Crippen LogP contribution in [0.3, 0.4) is 0 Å². The normalized spacial score (nSPS) is 14.4. The fourth-order valence-corrected chi connectivity index (χ4v) is 2.74. The van der Waals surface area contributed by atoms with E-state index in [4.69, 9.17) is 5.73 Å². The Balaban J connectivity index is 2.24. The van der Waals surface area contributed by atoms with Crippen LogP contribution >= 0.6 is 15.9 Å². The Kier molecular flexibility index (Phi) is 4.18. The Labute approximate surface area is 110 Å². The number of hydrogen-bond donors (Lipinski definition) is 2. The molecule has 92 valence electrons. The van der Waals surface area contributed by atoms with Crippen molar-refractivity contribution >= 4 is 27.5 Å². The maximum Gasteiger partial charge on any atom is 0.224 e. The van der Waals surface area contributed by atoms with Crippen LogP contribution in [0.25, 0.3) is 0 Å². The fourth-order valence-electron chi connectivity index (χ4n) is 2.19. The molecule has 2 rings (SSSR count). The second kappa shape index (κ2) is 5.65. The lowest BCUT2D eigenvalue weighted by Crippen LogP contribution is -2.20. The minimum absolute atomic E-state index is 0.125. The fraction of sp³-hybridized carbons (Fsp3) is 0.462. The third-order valence-corrected chi connectivity index (χ3v) is 3.51. The molecule has 0 aliphatic carbocycles. The number of hydrogen-bond acceptors (Lipinski definition) is 2. The third kappa shape index (κ3) is 3.07. The molecule has 1 aromatic carbocycles. The number of aryl methyl sites for hydroxylation is 2. The van der Waals surface area contributed by atoms with Gasteiger partial charge in [0.25, 0.3) is 0 Å². The summed E-state index contributed by atoms with van der Waals surface area (Å²) < 4.78 is 1.09. The number of fused-ring (bicyclic) bond motifs is 1. The summed E-state index contributed by atoms with van der Waals surface area (Å²) in [6.07, 6.45) is 4.49. The number of rotatable bonds is 4. The summed E-state index contributed by atoms with van der Waals surface area (Å²) in [6.45, 7) is 0.725. The second-order valence-electron chi connectivity index (χ2n) is 4.39. The smallest absolute Gasteiger partial charge is 0.224 e. The van der Waals surface area contributed by atoms with Gasteiger partial charge in [-0.2, -0.15) is 0 Å². The lowest BCUT2D eigenvalue weighted by atomic mass is 9.96. The van der Waals surface area contributed by atoms with Gasteiger partial charge in [-0.15, -0.1) is 0 Å². The van der Waals surface area contributed by atoms with Crippen LogP contribution in [-0.4, -0.2) is 12.5 Å². The highest BCUT2D eigenvalue weighted by molar-refractivity contribution is 9.10. The van der Waals surface area contributed by atoms with Gasteiger partial charge in [-0.05, 0) is 55.5 Å². The summed E-state index contributed by atoms with van der Waals surface area (Å²) in [5, 5.41) is 2.99. The first-order valence-electron chi connectivity index (χ1n) is 6.02. The highest BCUT2D eigenvalue weighted by Gasteiger charge is 2.18. The first-order valence-corrected chi connectivity index (χ1v) is 6.81. The van der Waals surface area contributed by atoms with Gasteiger partial charge in [0.15, 0.2) is 0 Å². The summed E-state index contributed by atoms with van der Waals surface area (Å²) in [6, 6.07) is 4.20. The predicted molar refractivity (Wildman–Crippen MR) is 73.1 cm³/mol. The molecule has 1 heterocycles. The number of halogens is 1. The van der Waals surface area contributed by atoms with E-state index in [1.165, 1.54) is 11.1 Å². The van der Waals surface area contributed by atoms with E-state index in [0.29, 0.717) is 6.42 Å². The molecular formula is C13H17BrN2O. The first kappa shape index (κ1) is 12.6. The topological polar surface area (TPSA) is 55.1 Å². The van der Waals surface area contributed by atoms with E-state index in [9.17, 15) is 4.79 Å². The standard InChI is InChI=1S/C13H17BrN2O/c14-11-7-9(3-1-2-6-15)13-10(8-11)4-5-12(17)16-13/h7-8H,1-6,15H2,(H,16,17). The van der Waals surface area contributed by atoms with E-state index in [2.05, 4.69) is 33.4 Å². The SMILES string of the molecule is NCCCCc1cc(Br)cc2c1NC(=O)CC2. The predicted octanol–water partition coefficient (Wildman–Crippen LogP) is 2.62. The van der Waals surface area contributed by atoms with E-state index >= 15 is 0 Å². The van der Waals surface area contributed by atoms with E-state index < -0.39 is 0 Å². The molecule has 0 bridgehead atoms. The van der Waals surface area contributed by atoms with Gasteiger partial charge in [-0.1, -0.05) is 15.9 Å². The molecule has 0 spiro atoms. The minimum Gasteiger partial charge on any atom is -0.330 e. The van der Waals surface area contributed by atoms with E-state index in [-0.39, 0.29) is 5.91 Å². The number of unbranched alkanes of at least 4 members (excludes halogenated alkanes) is 1. The van der Waals surface area contributed by atoms with Crippen LogP contribution in [0.15, 0.2) is 16.6 Å². The maximum atomic E-state index is 11.5. The molecule has 3 N–H and O–H groups in total. The minimum atomic E-state index is 0.125. The number of carbonyl (C=O) groups excluding carboxylic acids is 1. The van der Waals surface area contributed by atoms with Gasteiger partial charge in [0.2, 0.25) is 5.91 Å². The summed E-state index contributed by atoms with van der Waals surface area (Å²) in [5.41, 5.74) is 8.99. The molecule has 0 atom stereocenters. The Morgan fingerprint density at radius 3 is 2.88 bits per heavy atom. The zero-order valence-corrected chi connectivity index (χ0v) is 11.3. The van der Waals surface area contributed by atoms with Crippen molar-refractivity contribution in [1.82, 2.24) is 0 Å². The lowest BCUT2D eigenvalue weighted by Gasteiger charge is -2.21. The van der Waals surface area contributed by atoms with Crippen molar-refractivity contribution in [2.75, 3.05) is 11.9 Å². The molecule has 0 radical (unpaired) electrons. The number of carbonyl (C=O) groups is 1. The number of nitrogens with one attached hydrogen (secondary N) is 1. The van der Waals surface area contributed by atoms with Crippen LogP contribution in [-0.2, 0) is 17.6 Å². The summed E-state index contributed by atoms with van der Waals surface area (Å²) in [5.74, 6) is 0.125. The molecule has 1 aliphatic rings. The molecule has 1 aromatic rings. The van der Waals surface area contributed by atoms with Gasteiger partial charge < -0.3 is 11.1 Å². The van der Waals surface area contributed by atoms with E-state index in [1.807, 2.05) is 0 Å². The van der Waals surface area contributed by atoms with E-state index in [1.54, 1.807) is 0 Å². The van der Waals surface area contributed by atoms with Crippen LogP contribution in [0.5, 0.6) is 0 Å². The molecule has 0 fully saturated rings. The van der Waals surface area contributed by atoms with Crippen molar-refractivity contribution in [2.45, 2.75) is 32.1 Å². The van der Waals surface area contributed by atoms with Crippen molar-refractivity contribution in [1.29, 1.82) is 0 Å². The lowest BCUT2D eigenvalue weighted by molar-refractivity contribution is -0.116. The Hall–Kier alpha value is -0.870. The van der Waals surface area contributed by atoms with E-state index in [0.717, 1.165) is 42.4 Å². The average Bonchev–Trinajstić information content (AvgIpc) is 2.30. The monoisotopic (exact) mass is 296 g/mol. The highest BCUT2D eigenvalue weighted by atomic mass is 79.9. The van der Waals surface area contributed by atoms with Gasteiger partial charge in [-0.3, -0.25) is 4.79 Å². The number of amides is 1. The Morgan fingerprint density at radius 1 is 1.29 bits per heavy atom. The van der Waals surface area contributed by atoms with Crippen molar-refractivity contribution in [3.05, 3.63) is 27.7 Å². The van der Waals surface area contributed by atoms with Crippen LogP contribution in [0.2, 0.25) is 0 Å². The summed E-state index contributed by atoms with van der Waals surface area (Å²) >= 11 is 3.53. The molecule has 17 heavy (non-hydrogen) atoms. The zero-order valence-electron chi connectivity index (χ0n) is 9.76. The molecular weight excluding hydrogens is 280 g/mol. The van der Waals surface area contributed by atoms with Gasteiger partial charge in [-0.25, -0.2) is 0 Å². The summed E-state index contributed by atoms with van der Waals surface area (Å²) in [4.78, 5) is 11.5. The number of anilines is 1. The molecule has 3 nitrogen and oxygen atoms in total. The molecule has 4 heteroatoms. The van der Waals surface area contributed by atoms with Crippen LogP contribution in [0.1, 0.15) is 30.4 Å². The third-order valence-electron chi connectivity index (χ3n) is 3.05. The van der Waals surface area contributed by atoms with Crippen molar-refractivity contribution in [3.63, 3.8) is 0 Å². The zero-order chi connectivity index (χ0) is 12.3. The van der Waals surface area contributed by atoms with Crippen molar-refractivity contribution in [3.8, 4) is 0 Å². The highest BCUT2D eigenvalue weighted by Crippen LogP contribution is 2.31. The molecule has 0 aromatic heterocycles. The van der Waals surface area contributed by atoms with Crippen LogP contribution in [0.4, 0.5) is 5.69 Å². The van der Waals surface area contributed by atoms with Crippen LogP contribution in [0, 0.1) is 0 Å². The molecule has 1 aliphatic heterocycles. The molecule has 0 saturated heterocycles. The first-order chi connectivity index (χ1) is 8.20. The Morgan fingerprint density at radius 2 is 2.12 bits per heavy atom. The number of benzene rings is 1. The van der Waals surface area contributed by atoms with Crippen molar-refractivity contribution in [2.24, 2.45) is 5.73 Å². The largest absolute Gasteiger partial charge is 0.330 e. The molecule has 0 unspecified atom stereocenters. The van der Waals surface area contributed by atoms with Gasteiger partial charge in [0.05, 0.1) is 0 Å². The van der Waals surface area contributed by atoms with Crippen LogP contribution < -0.4 is 11.1 Å². The summed E-state index contributed by atoms with van der Waals surface area (Å²) in [7, 11) is 0. The molecule has 1 amide bonds. The maximum absolute atomic E-state index is 11.5. The second-order valence-corrected chi connectivity index (χ2v) is 5.31. The average molecular weight is 297 g/mol. The number of nitrogens with two attached hydrogens (primary N) is 1. The van der Waals surface area contributed by atoms with Crippen molar-refractivity contribution < 1.29 is 4.79 Å².